The summed E-state index contributed by atoms with van der Waals surface area (Å²) in [4.78, 5) is 22.9. The van der Waals surface area contributed by atoms with Crippen molar-refractivity contribution >= 4 is 28.4 Å². The topological polar surface area (TPSA) is 88.0 Å². The first-order valence-electron chi connectivity index (χ1n) is 5.90. The van der Waals surface area contributed by atoms with Gasteiger partial charge in [0, 0.05) is 11.6 Å². The maximum absolute atomic E-state index is 10.7. The number of carboxylic acid groups (broad SMARTS) is 1. The van der Waals surface area contributed by atoms with Crippen LogP contribution in [0.1, 0.15) is 10.5 Å². The van der Waals surface area contributed by atoms with Crippen LogP contribution in [0.5, 0.6) is 0 Å². The SMILES string of the molecule is O=C(O)c1cnc(Nc2cccc3cccnc23)cn1. The summed E-state index contributed by atoms with van der Waals surface area (Å²) in [6, 6.07) is 9.58. The number of hydrogen-bond acceptors (Lipinski definition) is 5. The Kier molecular flexibility index (Phi) is 2.96. The molecule has 0 atom stereocenters. The van der Waals surface area contributed by atoms with E-state index < -0.39 is 5.97 Å². The normalized spacial score (nSPS) is 10.4. The average molecular weight is 266 g/mol. The van der Waals surface area contributed by atoms with E-state index in [4.69, 9.17) is 5.11 Å². The van der Waals surface area contributed by atoms with Gasteiger partial charge in [0.15, 0.2) is 5.69 Å². The molecule has 3 rings (SSSR count). The lowest BCUT2D eigenvalue weighted by Crippen LogP contribution is -2.03. The summed E-state index contributed by atoms with van der Waals surface area (Å²) in [5.41, 5.74) is 1.52. The van der Waals surface area contributed by atoms with Crippen molar-refractivity contribution in [2.24, 2.45) is 0 Å². The third kappa shape index (κ3) is 2.26. The quantitative estimate of drug-likeness (QED) is 0.757. The number of aromatic nitrogens is 3. The number of rotatable bonds is 3. The van der Waals surface area contributed by atoms with Gasteiger partial charge in [0.25, 0.3) is 0 Å². The van der Waals surface area contributed by atoms with E-state index in [9.17, 15) is 4.79 Å². The lowest BCUT2D eigenvalue weighted by atomic mass is 10.2. The molecule has 6 heteroatoms. The number of anilines is 2. The lowest BCUT2D eigenvalue weighted by molar-refractivity contribution is 0.0690. The Morgan fingerprint density at radius 3 is 2.65 bits per heavy atom. The number of nitrogens with zero attached hydrogens (tertiary/aromatic N) is 3. The number of para-hydroxylation sites is 1. The Morgan fingerprint density at radius 1 is 1.05 bits per heavy atom. The molecule has 0 unspecified atom stereocenters. The van der Waals surface area contributed by atoms with Gasteiger partial charge in [-0.1, -0.05) is 18.2 Å². The van der Waals surface area contributed by atoms with E-state index >= 15 is 0 Å². The van der Waals surface area contributed by atoms with Gasteiger partial charge in [-0.2, -0.15) is 0 Å². The molecule has 0 aliphatic carbocycles. The van der Waals surface area contributed by atoms with Gasteiger partial charge in [-0.25, -0.2) is 14.8 Å². The Balaban J connectivity index is 1.95. The Labute approximate surface area is 114 Å². The van der Waals surface area contributed by atoms with Gasteiger partial charge in [0.1, 0.15) is 5.82 Å². The van der Waals surface area contributed by atoms with Crippen molar-refractivity contribution < 1.29 is 9.90 Å². The minimum Gasteiger partial charge on any atom is -0.476 e. The zero-order valence-corrected chi connectivity index (χ0v) is 10.3. The van der Waals surface area contributed by atoms with E-state index in [1.54, 1.807) is 6.20 Å². The fraction of sp³-hybridized carbons (Fsp3) is 0. The van der Waals surface area contributed by atoms with Crippen LogP contribution in [0.25, 0.3) is 10.9 Å². The van der Waals surface area contributed by atoms with E-state index in [1.165, 1.54) is 12.4 Å². The average Bonchev–Trinajstić information content (AvgIpc) is 2.48. The van der Waals surface area contributed by atoms with Crippen LogP contribution in [0.2, 0.25) is 0 Å². The molecular weight excluding hydrogens is 256 g/mol. The van der Waals surface area contributed by atoms with Crippen LogP contribution in [0.4, 0.5) is 11.5 Å². The maximum atomic E-state index is 10.7. The molecule has 0 fully saturated rings. The van der Waals surface area contributed by atoms with Crippen LogP contribution in [0, 0.1) is 0 Å². The molecular formula is C14H10N4O2. The minimum atomic E-state index is -1.10. The number of carbonyl (C=O) groups is 1. The van der Waals surface area contributed by atoms with E-state index in [0.717, 1.165) is 16.6 Å². The molecule has 98 valence electrons. The highest BCUT2D eigenvalue weighted by Crippen LogP contribution is 2.23. The van der Waals surface area contributed by atoms with Crippen LogP contribution in [0.3, 0.4) is 0 Å². The highest BCUT2D eigenvalue weighted by molar-refractivity contribution is 5.91. The maximum Gasteiger partial charge on any atom is 0.356 e. The molecule has 0 bridgehead atoms. The molecule has 1 aromatic carbocycles. The van der Waals surface area contributed by atoms with Gasteiger partial charge in [0.2, 0.25) is 0 Å². The molecule has 0 amide bonds. The van der Waals surface area contributed by atoms with Gasteiger partial charge in [-0.05, 0) is 12.1 Å². The fourth-order valence-electron chi connectivity index (χ4n) is 1.85. The predicted octanol–water partition coefficient (Wildman–Crippen LogP) is 2.47. The first-order chi connectivity index (χ1) is 9.74. The zero-order valence-electron chi connectivity index (χ0n) is 10.3. The fourth-order valence-corrected chi connectivity index (χ4v) is 1.85. The third-order valence-corrected chi connectivity index (χ3v) is 2.77. The number of carboxylic acids is 1. The Bertz CT molecular complexity index is 766. The van der Waals surface area contributed by atoms with Crippen molar-refractivity contribution in [3.05, 3.63) is 54.6 Å². The molecule has 0 radical (unpaired) electrons. The number of hydrogen-bond donors (Lipinski definition) is 2. The summed E-state index contributed by atoms with van der Waals surface area (Å²) in [6.07, 6.45) is 4.31. The Hall–Kier alpha value is -3.02. The van der Waals surface area contributed by atoms with Crippen molar-refractivity contribution in [1.82, 2.24) is 15.0 Å². The molecule has 6 nitrogen and oxygen atoms in total. The second-order valence-electron chi connectivity index (χ2n) is 4.10. The molecule has 2 aromatic heterocycles. The molecule has 0 saturated heterocycles. The molecule has 2 N–H and O–H groups in total. The smallest absolute Gasteiger partial charge is 0.356 e. The lowest BCUT2D eigenvalue weighted by Gasteiger charge is -2.07. The minimum absolute atomic E-state index is 0.0911. The van der Waals surface area contributed by atoms with Crippen molar-refractivity contribution in [2.45, 2.75) is 0 Å². The third-order valence-electron chi connectivity index (χ3n) is 2.77. The van der Waals surface area contributed by atoms with Crippen molar-refractivity contribution in [2.75, 3.05) is 5.32 Å². The first kappa shape index (κ1) is 12.0. The second-order valence-corrected chi connectivity index (χ2v) is 4.10. The van der Waals surface area contributed by atoms with E-state index in [1.807, 2.05) is 30.3 Å². The molecule has 0 saturated carbocycles. The highest BCUT2D eigenvalue weighted by atomic mass is 16.4. The van der Waals surface area contributed by atoms with Crippen LogP contribution < -0.4 is 5.32 Å². The van der Waals surface area contributed by atoms with Crippen LogP contribution in [-0.4, -0.2) is 26.0 Å². The predicted molar refractivity (Wildman–Crippen MR) is 74.0 cm³/mol. The number of fused-ring (bicyclic) bond motifs is 1. The van der Waals surface area contributed by atoms with E-state index in [0.29, 0.717) is 5.82 Å². The summed E-state index contributed by atoms with van der Waals surface area (Å²) < 4.78 is 0. The van der Waals surface area contributed by atoms with Gasteiger partial charge < -0.3 is 10.4 Å². The zero-order chi connectivity index (χ0) is 13.9. The highest BCUT2D eigenvalue weighted by Gasteiger charge is 2.06. The number of aromatic carboxylic acids is 1. The Morgan fingerprint density at radius 2 is 1.90 bits per heavy atom. The largest absolute Gasteiger partial charge is 0.476 e. The van der Waals surface area contributed by atoms with Crippen LogP contribution in [-0.2, 0) is 0 Å². The molecule has 3 aromatic rings. The van der Waals surface area contributed by atoms with Gasteiger partial charge in [0.05, 0.1) is 23.6 Å². The second kappa shape index (κ2) is 4.93. The number of benzene rings is 1. The number of nitrogens with one attached hydrogen (secondary N) is 1. The molecule has 0 spiro atoms. The molecule has 0 aliphatic rings. The standard InChI is InChI=1S/C14H10N4O2/c19-14(20)11-7-17-12(8-16-11)18-10-5-1-3-9-4-2-6-15-13(9)10/h1-8H,(H,17,18)(H,19,20). The van der Waals surface area contributed by atoms with Crippen LogP contribution in [0.15, 0.2) is 48.9 Å². The summed E-state index contributed by atoms with van der Waals surface area (Å²) in [7, 11) is 0. The van der Waals surface area contributed by atoms with Gasteiger partial charge in [-0.15, -0.1) is 0 Å². The van der Waals surface area contributed by atoms with Gasteiger partial charge in [-0.3, -0.25) is 4.98 Å². The molecule has 20 heavy (non-hydrogen) atoms. The van der Waals surface area contributed by atoms with Crippen molar-refractivity contribution in [3.63, 3.8) is 0 Å². The monoisotopic (exact) mass is 266 g/mol. The van der Waals surface area contributed by atoms with E-state index in [2.05, 4.69) is 20.3 Å². The van der Waals surface area contributed by atoms with Gasteiger partial charge >= 0.3 is 5.97 Å². The van der Waals surface area contributed by atoms with Crippen molar-refractivity contribution in [1.29, 1.82) is 0 Å². The number of pyridine rings is 1. The summed E-state index contributed by atoms with van der Waals surface area (Å²) in [5, 5.41) is 12.9. The summed E-state index contributed by atoms with van der Waals surface area (Å²) in [6.45, 7) is 0. The van der Waals surface area contributed by atoms with E-state index in [-0.39, 0.29) is 5.69 Å². The summed E-state index contributed by atoms with van der Waals surface area (Å²) in [5.74, 6) is -0.635. The molecule has 2 heterocycles. The summed E-state index contributed by atoms with van der Waals surface area (Å²) >= 11 is 0. The van der Waals surface area contributed by atoms with Crippen molar-refractivity contribution in [3.8, 4) is 0 Å². The molecule has 0 aliphatic heterocycles. The van der Waals surface area contributed by atoms with Crippen LogP contribution >= 0.6 is 0 Å². The first-order valence-corrected chi connectivity index (χ1v) is 5.90.